The Labute approximate surface area is 158 Å². The molecule has 1 heterocycles. The van der Waals surface area contributed by atoms with Gasteiger partial charge in [0.25, 0.3) is 0 Å². The van der Waals surface area contributed by atoms with Crippen molar-refractivity contribution in [1.29, 1.82) is 0 Å². The quantitative estimate of drug-likeness (QED) is 0.792. The van der Waals surface area contributed by atoms with Crippen LogP contribution in [-0.4, -0.2) is 35.2 Å². The molecule has 2 aromatic carbocycles. The van der Waals surface area contributed by atoms with Crippen molar-refractivity contribution in [2.75, 3.05) is 18.5 Å². The number of hydrogen-bond donors (Lipinski definition) is 2. The number of carbonyl (C=O) groups is 1. The molecule has 0 radical (unpaired) electrons. The number of nitrogens with one attached hydrogen (secondary N) is 1. The molecule has 0 aromatic heterocycles. The monoisotopic (exact) mass is 374 g/mol. The molecule has 3 rings (SSSR count). The molecule has 0 spiro atoms. The number of rotatable bonds is 6. The van der Waals surface area contributed by atoms with Gasteiger partial charge in [-0.3, -0.25) is 0 Å². The number of ether oxygens (including phenoxy) is 1. The molecule has 1 fully saturated rings. The van der Waals surface area contributed by atoms with Crippen molar-refractivity contribution < 1.29 is 14.6 Å². The third-order valence-corrected chi connectivity index (χ3v) is 4.76. The average Bonchev–Trinajstić information content (AvgIpc) is 3.10. The zero-order valence-corrected chi connectivity index (χ0v) is 15.3. The third-order valence-electron chi connectivity index (χ3n) is 4.50. The first-order valence-corrected chi connectivity index (χ1v) is 9.19. The summed E-state index contributed by atoms with van der Waals surface area (Å²) in [6.07, 6.45) is 2.54. The summed E-state index contributed by atoms with van der Waals surface area (Å²) in [6.45, 7) is 1.25. The zero-order valence-electron chi connectivity index (χ0n) is 14.5. The van der Waals surface area contributed by atoms with E-state index >= 15 is 0 Å². The fraction of sp³-hybridized carbons (Fsp3) is 0.350. The molecule has 2 aromatic rings. The lowest BCUT2D eigenvalue weighted by Gasteiger charge is -2.24. The van der Waals surface area contributed by atoms with Crippen LogP contribution in [0.4, 0.5) is 10.5 Å². The number of anilines is 1. The minimum atomic E-state index is -0.129. The van der Waals surface area contributed by atoms with Crippen LogP contribution in [0.2, 0.25) is 5.02 Å². The molecule has 1 aliphatic rings. The lowest BCUT2D eigenvalue weighted by Crippen LogP contribution is -2.39. The van der Waals surface area contributed by atoms with Gasteiger partial charge in [0.15, 0.2) is 0 Å². The fourth-order valence-electron chi connectivity index (χ4n) is 3.16. The second kappa shape index (κ2) is 8.92. The van der Waals surface area contributed by atoms with Crippen molar-refractivity contribution in [2.45, 2.75) is 31.9 Å². The maximum atomic E-state index is 12.5. The maximum Gasteiger partial charge on any atom is 0.322 e. The molecule has 1 unspecified atom stereocenters. The first kappa shape index (κ1) is 18.5. The summed E-state index contributed by atoms with van der Waals surface area (Å²) in [7, 11) is 0. The van der Waals surface area contributed by atoms with Gasteiger partial charge in [-0.2, -0.15) is 0 Å². The summed E-state index contributed by atoms with van der Waals surface area (Å²) in [5, 5.41) is 12.8. The molecule has 0 saturated carbocycles. The van der Waals surface area contributed by atoms with Crippen molar-refractivity contribution in [1.82, 2.24) is 4.90 Å². The highest BCUT2D eigenvalue weighted by Crippen LogP contribution is 2.23. The zero-order chi connectivity index (χ0) is 18.4. The predicted octanol–water partition coefficient (Wildman–Crippen LogP) is 4.30. The second-order valence-corrected chi connectivity index (χ2v) is 6.81. The van der Waals surface area contributed by atoms with Gasteiger partial charge in [-0.15, -0.1) is 0 Å². The number of halogens is 1. The molecule has 1 atom stereocenters. The average molecular weight is 375 g/mol. The summed E-state index contributed by atoms with van der Waals surface area (Å²) in [5.74, 6) is 0.686. The molecular formula is C20H23ClN2O3. The van der Waals surface area contributed by atoms with Gasteiger partial charge in [0.1, 0.15) is 12.4 Å². The Hall–Kier alpha value is -2.24. The number of carbonyl (C=O) groups excluding carboxylic acids is 1. The normalized spacial score (nSPS) is 16.5. The molecule has 5 nitrogen and oxygen atoms in total. The van der Waals surface area contributed by atoms with Crippen LogP contribution in [0, 0.1) is 0 Å². The number of aliphatic hydroxyl groups is 1. The number of aliphatic hydroxyl groups excluding tert-OH is 1. The molecule has 0 aliphatic carbocycles. The fourth-order valence-corrected chi connectivity index (χ4v) is 3.28. The van der Waals surface area contributed by atoms with Crippen LogP contribution in [0.5, 0.6) is 5.75 Å². The first-order valence-electron chi connectivity index (χ1n) is 8.81. The molecule has 6 heteroatoms. The Balaban J connectivity index is 1.58. The highest BCUT2D eigenvalue weighted by Gasteiger charge is 2.28. The first-order chi connectivity index (χ1) is 12.7. The molecule has 26 heavy (non-hydrogen) atoms. The van der Waals surface area contributed by atoms with Crippen LogP contribution in [-0.2, 0) is 6.61 Å². The standard InChI is InChI=1S/C20H23ClN2O3/c21-16-8-6-15(7-9-16)14-26-19-5-1-3-17(13-19)22-20(25)23-11-2-4-18(23)10-12-24/h1,3,5-9,13,18,24H,2,4,10-12,14H2,(H,22,25). The van der Waals surface area contributed by atoms with Crippen molar-refractivity contribution in [3.8, 4) is 5.75 Å². The van der Waals surface area contributed by atoms with Crippen LogP contribution >= 0.6 is 11.6 Å². The van der Waals surface area contributed by atoms with Gasteiger partial charge in [0.2, 0.25) is 0 Å². The van der Waals surface area contributed by atoms with Crippen LogP contribution in [0.1, 0.15) is 24.8 Å². The van der Waals surface area contributed by atoms with E-state index in [2.05, 4.69) is 5.32 Å². The molecule has 0 bridgehead atoms. The SMILES string of the molecule is O=C(Nc1cccc(OCc2ccc(Cl)cc2)c1)N1CCCC1CCO. The Morgan fingerprint density at radius 1 is 1.27 bits per heavy atom. The summed E-state index contributed by atoms with van der Waals surface area (Å²) < 4.78 is 5.80. The van der Waals surface area contributed by atoms with E-state index < -0.39 is 0 Å². The van der Waals surface area contributed by atoms with E-state index in [-0.39, 0.29) is 18.7 Å². The minimum absolute atomic E-state index is 0.0997. The minimum Gasteiger partial charge on any atom is -0.489 e. The smallest absolute Gasteiger partial charge is 0.322 e. The van der Waals surface area contributed by atoms with E-state index in [1.165, 1.54) is 0 Å². The van der Waals surface area contributed by atoms with Gasteiger partial charge in [-0.25, -0.2) is 4.79 Å². The Bertz CT molecular complexity index is 736. The number of urea groups is 1. The number of benzene rings is 2. The molecular weight excluding hydrogens is 352 g/mol. The van der Waals surface area contributed by atoms with Crippen LogP contribution in [0.25, 0.3) is 0 Å². The summed E-state index contributed by atoms with van der Waals surface area (Å²) in [4.78, 5) is 14.3. The van der Waals surface area contributed by atoms with Gasteiger partial charge < -0.3 is 20.1 Å². The van der Waals surface area contributed by atoms with E-state index in [0.29, 0.717) is 29.5 Å². The van der Waals surface area contributed by atoms with E-state index in [9.17, 15) is 4.79 Å². The lowest BCUT2D eigenvalue weighted by molar-refractivity contribution is 0.189. The van der Waals surface area contributed by atoms with E-state index in [1.807, 2.05) is 48.5 Å². The Morgan fingerprint density at radius 3 is 2.85 bits per heavy atom. The topological polar surface area (TPSA) is 61.8 Å². The van der Waals surface area contributed by atoms with Crippen molar-refractivity contribution in [2.24, 2.45) is 0 Å². The van der Waals surface area contributed by atoms with Gasteiger partial charge in [-0.05, 0) is 49.1 Å². The van der Waals surface area contributed by atoms with E-state index in [4.69, 9.17) is 21.4 Å². The van der Waals surface area contributed by atoms with E-state index in [0.717, 1.165) is 24.9 Å². The number of likely N-dealkylation sites (tertiary alicyclic amines) is 1. The predicted molar refractivity (Wildman–Crippen MR) is 103 cm³/mol. The van der Waals surface area contributed by atoms with Crippen molar-refractivity contribution in [3.05, 3.63) is 59.1 Å². The largest absolute Gasteiger partial charge is 0.489 e. The summed E-state index contributed by atoms with van der Waals surface area (Å²) in [5.41, 5.74) is 1.71. The Morgan fingerprint density at radius 2 is 2.08 bits per heavy atom. The van der Waals surface area contributed by atoms with Gasteiger partial charge in [-0.1, -0.05) is 29.8 Å². The molecule has 1 saturated heterocycles. The van der Waals surface area contributed by atoms with Crippen LogP contribution in [0.15, 0.2) is 48.5 Å². The molecule has 2 amide bonds. The van der Waals surface area contributed by atoms with Gasteiger partial charge in [0.05, 0.1) is 0 Å². The van der Waals surface area contributed by atoms with Crippen molar-refractivity contribution >= 4 is 23.3 Å². The molecule has 1 aliphatic heterocycles. The lowest BCUT2D eigenvalue weighted by atomic mass is 10.1. The van der Waals surface area contributed by atoms with Crippen molar-refractivity contribution in [3.63, 3.8) is 0 Å². The highest BCUT2D eigenvalue weighted by atomic mass is 35.5. The summed E-state index contributed by atoms with van der Waals surface area (Å²) in [6, 6.07) is 14.8. The maximum absolute atomic E-state index is 12.5. The number of hydrogen-bond acceptors (Lipinski definition) is 3. The number of nitrogens with zero attached hydrogens (tertiary/aromatic N) is 1. The van der Waals surface area contributed by atoms with E-state index in [1.54, 1.807) is 4.90 Å². The molecule has 138 valence electrons. The summed E-state index contributed by atoms with van der Waals surface area (Å²) >= 11 is 5.88. The Kier molecular flexibility index (Phi) is 6.36. The van der Waals surface area contributed by atoms with Crippen LogP contribution in [0.3, 0.4) is 0 Å². The van der Waals surface area contributed by atoms with Gasteiger partial charge >= 0.3 is 6.03 Å². The third kappa shape index (κ3) is 4.90. The highest BCUT2D eigenvalue weighted by molar-refractivity contribution is 6.30. The van der Waals surface area contributed by atoms with Gasteiger partial charge in [0, 0.05) is 36.0 Å². The van der Waals surface area contributed by atoms with Crippen LogP contribution < -0.4 is 10.1 Å². The molecule has 2 N–H and O–H groups in total. The second-order valence-electron chi connectivity index (χ2n) is 6.37. The number of amides is 2.